The van der Waals surface area contributed by atoms with Crippen LogP contribution in [0.3, 0.4) is 0 Å². The molecule has 2 rings (SSSR count). The number of amides is 2. The van der Waals surface area contributed by atoms with Crippen LogP contribution in [0, 0.1) is 23.7 Å². The highest BCUT2D eigenvalue weighted by atomic mass is 16.2. The number of piperidine rings is 1. The molecule has 1 saturated carbocycles. The van der Waals surface area contributed by atoms with Gasteiger partial charge in [-0.1, -0.05) is 46.0 Å². The standard InChI is InChI=1S/C14H23NO2/c1-9(2)13-11(8-12(16)15-14(13)17)10-6-4-3-5-7-10/h9-11,13H,3-8H2,1-2H3,(H,15,16,17). The molecule has 0 radical (unpaired) electrons. The summed E-state index contributed by atoms with van der Waals surface area (Å²) in [7, 11) is 0. The lowest BCUT2D eigenvalue weighted by Crippen LogP contribution is -2.50. The van der Waals surface area contributed by atoms with Gasteiger partial charge in [0.1, 0.15) is 0 Å². The number of carbonyl (C=O) groups is 2. The maximum Gasteiger partial charge on any atom is 0.230 e. The average molecular weight is 237 g/mol. The summed E-state index contributed by atoms with van der Waals surface area (Å²) in [6, 6.07) is 0. The van der Waals surface area contributed by atoms with Crippen molar-refractivity contribution >= 4 is 11.8 Å². The zero-order valence-corrected chi connectivity index (χ0v) is 10.9. The second-order valence-electron chi connectivity index (χ2n) is 5.95. The molecule has 96 valence electrons. The fraction of sp³-hybridized carbons (Fsp3) is 0.857. The van der Waals surface area contributed by atoms with Crippen LogP contribution in [0.25, 0.3) is 0 Å². The highest BCUT2D eigenvalue weighted by Crippen LogP contribution is 2.40. The topological polar surface area (TPSA) is 46.2 Å². The number of rotatable bonds is 2. The van der Waals surface area contributed by atoms with E-state index in [2.05, 4.69) is 19.2 Å². The van der Waals surface area contributed by atoms with Gasteiger partial charge in [0.05, 0.1) is 0 Å². The molecule has 0 aromatic carbocycles. The van der Waals surface area contributed by atoms with Crippen LogP contribution in [0.5, 0.6) is 0 Å². The minimum Gasteiger partial charge on any atom is -0.296 e. The quantitative estimate of drug-likeness (QED) is 0.750. The van der Waals surface area contributed by atoms with Crippen molar-refractivity contribution in [1.82, 2.24) is 5.32 Å². The second kappa shape index (κ2) is 5.19. The monoisotopic (exact) mass is 237 g/mol. The predicted octanol–water partition coefficient (Wildman–Crippen LogP) is 2.50. The molecule has 1 aliphatic heterocycles. The van der Waals surface area contributed by atoms with E-state index in [1.54, 1.807) is 0 Å². The number of hydrogen-bond acceptors (Lipinski definition) is 2. The molecule has 3 heteroatoms. The Kier molecular flexibility index (Phi) is 3.85. The summed E-state index contributed by atoms with van der Waals surface area (Å²) < 4.78 is 0. The van der Waals surface area contributed by atoms with Crippen molar-refractivity contribution in [1.29, 1.82) is 0 Å². The van der Waals surface area contributed by atoms with Crippen LogP contribution in [0.2, 0.25) is 0 Å². The largest absolute Gasteiger partial charge is 0.296 e. The Balaban J connectivity index is 2.14. The van der Waals surface area contributed by atoms with Gasteiger partial charge in [-0.05, 0) is 17.8 Å². The van der Waals surface area contributed by atoms with Crippen molar-refractivity contribution < 1.29 is 9.59 Å². The summed E-state index contributed by atoms with van der Waals surface area (Å²) in [6.07, 6.45) is 6.81. The van der Waals surface area contributed by atoms with Crippen LogP contribution in [0.1, 0.15) is 52.4 Å². The Morgan fingerprint density at radius 1 is 1.12 bits per heavy atom. The van der Waals surface area contributed by atoms with Crippen LogP contribution >= 0.6 is 0 Å². The molecule has 2 atom stereocenters. The van der Waals surface area contributed by atoms with Crippen molar-refractivity contribution in [2.24, 2.45) is 23.7 Å². The smallest absolute Gasteiger partial charge is 0.230 e. The van der Waals surface area contributed by atoms with Crippen LogP contribution in [0.15, 0.2) is 0 Å². The van der Waals surface area contributed by atoms with Crippen molar-refractivity contribution in [3.8, 4) is 0 Å². The molecule has 0 bridgehead atoms. The molecule has 3 nitrogen and oxygen atoms in total. The molecule has 2 amide bonds. The van der Waals surface area contributed by atoms with E-state index in [1.165, 1.54) is 32.1 Å². The fourth-order valence-electron chi connectivity index (χ4n) is 3.63. The molecular formula is C14H23NO2. The summed E-state index contributed by atoms with van der Waals surface area (Å²) >= 11 is 0. The SMILES string of the molecule is CC(C)C1C(=O)NC(=O)CC1C1CCCCC1. The zero-order chi connectivity index (χ0) is 12.4. The van der Waals surface area contributed by atoms with Crippen molar-refractivity contribution in [3.63, 3.8) is 0 Å². The van der Waals surface area contributed by atoms with E-state index in [1.807, 2.05) is 0 Å². The van der Waals surface area contributed by atoms with Crippen molar-refractivity contribution in [2.75, 3.05) is 0 Å². The molecule has 1 heterocycles. The Bertz CT molecular complexity index is 305. The highest BCUT2D eigenvalue weighted by Gasteiger charge is 2.41. The third-order valence-corrected chi connectivity index (χ3v) is 4.42. The zero-order valence-electron chi connectivity index (χ0n) is 10.9. The maximum atomic E-state index is 12.0. The predicted molar refractivity (Wildman–Crippen MR) is 66.2 cm³/mol. The third-order valence-electron chi connectivity index (χ3n) is 4.42. The number of carbonyl (C=O) groups excluding carboxylic acids is 2. The molecule has 2 aliphatic rings. The Labute approximate surface area is 103 Å². The van der Waals surface area contributed by atoms with Crippen LogP contribution < -0.4 is 5.32 Å². The Morgan fingerprint density at radius 3 is 2.35 bits per heavy atom. The van der Waals surface area contributed by atoms with Crippen molar-refractivity contribution in [2.45, 2.75) is 52.4 Å². The van der Waals surface area contributed by atoms with Gasteiger partial charge in [0.15, 0.2) is 0 Å². The van der Waals surface area contributed by atoms with Gasteiger partial charge < -0.3 is 0 Å². The van der Waals surface area contributed by atoms with Gasteiger partial charge >= 0.3 is 0 Å². The van der Waals surface area contributed by atoms with Gasteiger partial charge in [-0.15, -0.1) is 0 Å². The normalized spacial score (nSPS) is 31.7. The number of imide groups is 1. The molecule has 1 saturated heterocycles. The van der Waals surface area contributed by atoms with Crippen molar-refractivity contribution in [3.05, 3.63) is 0 Å². The molecule has 2 unspecified atom stereocenters. The molecule has 2 fully saturated rings. The fourth-order valence-corrected chi connectivity index (χ4v) is 3.63. The lowest BCUT2D eigenvalue weighted by atomic mass is 9.67. The van der Waals surface area contributed by atoms with E-state index < -0.39 is 0 Å². The van der Waals surface area contributed by atoms with Gasteiger partial charge in [0, 0.05) is 12.3 Å². The molecule has 1 aliphatic carbocycles. The summed E-state index contributed by atoms with van der Waals surface area (Å²) in [5.41, 5.74) is 0. The van der Waals surface area contributed by atoms with Gasteiger partial charge in [-0.2, -0.15) is 0 Å². The van der Waals surface area contributed by atoms with Crippen LogP contribution in [-0.4, -0.2) is 11.8 Å². The first-order valence-electron chi connectivity index (χ1n) is 6.93. The lowest BCUT2D eigenvalue weighted by Gasteiger charge is -2.39. The second-order valence-corrected chi connectivity index (χ2v) is 5.95. The average Bonchev–Trinajstić information content (AvgIpc) is 2.28. The first-order chi connectivity index (χ1) is 8.09. The molecular weight excluding hydrogens is 214 g/mol. The third kappa shape index (κ3) is 2.70. The van der Waals surface area contributed by atoms with E-state index in [0.29, 0.717) is 18.3 Å². The molecule has 0 aromatic heterocycles. The molecule has 1 N–H and O–H groups in total. The van der Waals surface area contributed by atoms with E-state index in [9.17, 15) is 9.59 Å². The molecule has 0 spiro atoms. The summed E-state index contributed by atoms with van der Waals surface area (Å²) in [6.45, 7) is 4.19. The summed E-state index contributed by atoms with van der Waals surface area (Å²) in [4.78, 5) is 23.5. The summed E-state index contributed by atoms with van der Waals surface area (Å²) in [5, 5.41) is 2.50. The Hall–Kier alpha value is -0.860. The summed E-state index contributed by atoms with van der Waals surface area (Å²) in [5.74, 6) is 1.14. The van der Waals surface area contributed by atoms with E-state index in [4.69, 9.17) is 0 Å². The molecule has 0 aromatic rings. The minimum absolute atomic E-state index is 0.0353. The van der Waals surface area contributed by atoms with E-state index in [-0.39, 0.29) is 23.7 Å². The first-order valence-corrected chi connectivity index (χ1v) is 6.93. The lowest BCUT2D eigenvalue weighted by molar-refractivity contribution is -0.142. The number of nitrogens with one attached hydrogen (secondary N) is 1. The van der Waals surface area contributed by atoms with Gasteiger partial charge in [-0.3, -0.25) is 14.9 Å². The Morgan fingerprint density at radius 2 is 1.76 bits per heavy atom. The minimum atomic E-state index is -0.0672. The maximum absolute atomic E-state index is 12.0. The molecule has 17 heavy (non-hydrogen) atoms. The number of hydrogen-bond donors (Lipinski definition) is 1. The van der Waals surface area contributed by atoms with E-state index in [0.717, 1.165) is 0 Å². The highest BCUT2D eigenvalue weighted by molar-refractivity contribution is 5.99. The van der Waals surface area contributed by atoms with Gasteiger partial charge in [0.2, 0.25) is 11.8 Å². The van der Waals surface area contributed by atoms with E-state index >= 15 is 0 Å². The van der Waals surface area contributed by atoms with Crippen LogP contribution in [-0.2, 0) is 9.59 Å². The van der Waals surface area contributed by atoms with Gasteiger partial charge in [-0.25, -0.2) is 0 Å². The van der Waals surface area contributed by atoms with Crippen LogP contribution in [0.4, 0.5) is 0 Å². The van der Waals surface area contributed by atoms with Gasteiger partial charge in [0.25, 0.3) is 0 Å². The first kappa shape index (κ1) is 12.6.